The zero-order valence-corrected chi connectivity index (χ0v) is 19.7. The SMILES string of the molecule is CC.CC\C=C/C(=C\C=C(/C)C1NC(=NCC)c2c(sc(C#N)c2C)N1)C(=O)OC. The van der Waals surface area contributed by atoms with E-state index in [0.717, 1.165) is 34.0 Å². The maximum atomic E-state index is 11.9. The van der Waals surface area contributed by atoms with Gasteiger partial charge in [0.05, 0.1) is 18.2 Å². The van der Waals surface area contributed by atoms with Crippen molar-refractivity contribution in [1.82, 2.24) is 5.32 Å². The molecule has 1 unspecified atom stereocenters. The fourth-order valence-corrected chi connectivity index (χ4v) is 3.80. The van der Waals surface area contributed by atoms with Gasteiger partial charge in [0.25, 0.3) is 0 Å². The molecule has 1 aromatic rings. The number of nitrogens with zero attached hydrogens (tertiary/aromatic N) is 2. The summed E-state index contributed by atoms with van der Waals surface area (Å²) in [6.45, 7) is 12.5. The number of thiophene rings is 1. The topological polar surface area (TPSA) is 86.5 Å². The molecule has 6 nitrogen and oxygen atoms in total. The Labute approximate surface area is 184 Å². The number of carbonyl (C=O) groups excluding carboxylic acids is 1. The van der Waals surface area contributed by atoms with Crippen LogP contribution in [0.15, 0.2) is 40.4 Å². The Hall–Kier alpha value is -2.85. The van der Waals surface area contributed by atoms with Crippen molar-refractivity contribution in [3.63, 3.8) is 0 Å². The van der Waals surface area contributed by atoms with Crippen LogP contribution in [0, 0.1) is 18.3 Å². The standard InChI is InChI=1S/C21H26N4O2S.C2H6/c1-6-8-9-15(21(26)27-5)11-10-13(3)18-24-19(23-7-2)17-14(4)16(12-22)28-20(17)25-18;1-2/h8-11,18,25H,6-7H2,1-5H3,(H,23,24);1-2H3/b9-8-,13-10+,15-11+;. The summed E-state index contributed by atoms with van der Waals surface area (Å²) in [7, 11) is 1.37. The first kappa shape index (κ1) is 25.2. The van der Waals surface area contributed by atoms with E-state index in [9.17, 15) is 10.1 Å². The van der Waals surface area contributed by atoms with E-state index in [1.807, 2.05) is 53.7 Å². The number of nitrogens with one attached hydrogen (secondary N) is 2. The molecule has 0 bridgehead atoms. The lowest BCUT2D eigenvalue weighted by Crippen LogP contribution is -2.46. The first-order valence-corrected chi connectivity index (χ1v) is 11.0. The number of allylic oxidation sites excluding steroid dienone is 3. The normalized spacial score (nSPS) is 17.4. The second-order valence-corrected chi connectivity index (χ2v) is 7.27. The summed E-state index contributed by atoms with van der Waals surface area (Å²) in [6, 6.07) is 2.25. The highest BCUT2D eigenvalue weighted by Gasteiger charge is 2.28. The number of hydrogen-bond donors (Lipinski definition) is 2. The summed E-state index contributed by atoms with van der Waals surface area (Å²) < 4.78 is 4.84. The van der Waals surface area contributed by atoms with Crippen LogP contribution in [0.1, 0.15) is 57.0 Å². The minimum atomic E-state index is -0.374. The molecule has 0 fully saturated rings. The number of anilines is 1. The van der Waals surface area contributed by atoms with Gasteiger partial charge in [0.15, 0.2) is 0 Å². The van der Waals surface area contributed by atoms with Gasteiger partial charge in [-0.3, -0.25) is 4.99 Å². The molecule has 162 valence electrons. The van der Waals surface area contributed by atoms with Gasteiger partial charge < -0.3 is 15.4 Å². The monoisotopic (exact) mass is 428 g/mol. The van der Waals surface area contributed by atoms with E-state index in [-0.39, 0.29) is 12.1 Å². The Morgan fingerprint density at radius 3 is 2.57 bits per heavy atom. The number of hydrogen-bond acceptors (Lipinski definition) is 6. The predicted molar refractivity (Wildman–Crippen MR) is 126 cm³/mol. The highest BCUT2D eigenvalue weighted by atomic mass is 32.1. The first-order chi connectivity index (χ1) is 14.5. The summed E-state index contributed by atoms with van der Waals surface area (Å²) in [6.07, 6.45) is 7.97. The Bertz CT molecular complexity index is 901. The number of aliphatic imine (C=N–C) groups is 1. The van der Waals surface area contributed by atoms with Gasteiger partial charge in [-0.15, -0.1) is 11.3 Å². The number of esters is 1. The van der Waals surface area contributed by atoms with Crippen molar-refractivity contribution in [3.8, 4) is 6.07 Å². The van der Waals surface area contributed by atoms with Gasteiger partial charge in [0, 0.05) is 6.54 Å². The predicted octanol–water partition coefficient (Wildman–Crippen LogP) is 5.07. The van der Waals surface area contributed by atoms with E-state index in [2.05, 4.69) is 21.7 Å². The van der Waals surface area contributed by atoms with Gasteiger partial charge in [0.1, 0.15) is 27.9 Å². The van der Waals surface area contributed by atoms with Crippen LogP contribution in [-0.2, 0) is 9.53 Å². The first-order valence-electron chi connectivity index (χ1n) is 10.2. The summed E-state index contributed by atoms with van der Waals surface area (Å²) in [5.41, 5.74) is 3.36. The van der Waals surface area contributed by atoms with Crippen molar-refractivity contribution in [2.24, 2.45) is 4.99 Å². The van der Waals surface area contributed by atoms with E-state index in [0.29, 0.717) is 17.0 Å². The van der Waals surface area contributed by atoms with Gasteiger partial charge in [-0.05, 0) is 44.4 Å². The van der Waals surface area contributed by atoms with Crippen LogP contribution in [0.3, 0.4) is 0 Å². The van der Waals surface area contributed by atoms with Crippen molar-refractivity contribution >= 4 is 28.1 Å². The van der Waals surface area contributed by atoms with Crippen molar-refractivity contribution in [1.29, 1.82) is 5.26 Å². The van der Waals surface area contributed by atoms with Gasteiger partial charge in [-0.2, -0.15) is 5.26 Å². The van der Waals surface area contributed by atoms with Crippen LogP contribution in [0.5, 0.6) is 0 Å². The lowest BCUT2D eigenvalue weighted by molar-refractivity contribution is -0.135. The summed E-state index contributed by atoms with van der Waals surface area (Å²) in [5, 5.41) is 17.1. The minimum Gasteiger partial charge on any atom is -0.465 e. The third kappa shape index (κ3) is 6.07. The zero-order valence-electron chi connectivity index (χ0n) is 18.9. The molecule has 1 aliphatic rings. The Kier molecular flexibility index (Phi) is 10.6. The van der Waals surface area contributed by atoms with E-state index in [1.165, 1.54) is 18.4 Å². The lowest BCUT2D eigenvalue weighted by Gasteiger charge is -2.29. The third-order valence-corrected chi connectivity index (χ3v) is 5.42. The molecule has 0 saturated heterocycles. The van der Waals surface area contributed by atoms with Crippen molar-refractivity contribution in [2.75, 3.05) is 19.0 Å². The highest BCUT2D eigenvalue weighted by Crippen LogP contribution is 2.35. The highest BCUT2D eigenvalue weighted by molar-refractivity contribution is 7.17. The molecule has 1 aromatic heterocycles. The quantitative estimate of drug-likeness (QED) is 0.375. The summed E-state index contributed by atoms with van der Waals surface area (Å²) in [4.78, 5) is 17.2. The maximum Gasteiger partial charge on any atom is 0.337 e. The minimum absolute atomic E-state index is 0.187. The Morgan fingerprint density at radius 1 is 1.30 bits per heavy atom. The number of ether oxygens (including phenoxy) is 1. The molecule has 1 atom stereocenters. The van der Waals surface area contributed by atoms with E-state index in [4.69, 9.17) is 4.74 Å². The maximum absolute atomic E-state index is 11.9. The van der Waals surface area contributed by atoms with Crippen LogP contribution in [0.25, 0.3) is 0 Å². The van der Waals surface area contributed by atoms with Gasteiger partial charge in [0.2, 0.25) is 0 Å². The number of carbonyl (C=O) groups is 1. The molecule has 0 saturated carbocycles. The molecule has 2 heterocycles. The van der Waals surface area contributed by atoms with Crippen molar-refractivity contribution in [3.05, 3.63) is 51.5 Å². The molecular weight excluding hydrogens is 396 g/mol. The van der Waals surface area contributed by atoms with Crippen LogP contribution >= 0.6 is 11.3 Å². The largest absolute Gasteiger partial charge is 0.465 e. The smallest absolute Gasteiger partial charge is 0.337 e. The average molecular weight is 429 g/mol. The number of rotatable bonds is 6. The summed E-state index contributed by atoms with van der Waals surface area (Å²) >= 11 is 1.44. The van der Waals surface area contributed by atoms with Crippen LogP contribution in [-0.4, -0.2) is 31.6 Å². The number of nitriles is 1. The summed E-state index contributed by atoms with van der Waals surface area (Å²) in [5.74, 6) is 0.411. The Balaban J connectivity index is 0.00000218. The molecule has 2 rings (SSSR count). The second kappa shape index (κ2) is 12.7. The van der Waals surface area contributed by atoms with Crippen LogP contribution < -0.4 is 10.6 Å². The molecule has 0 amide bonds. The fourth-order valence-electron chi connectivity index (χ4n) is 2.77. The van der Waals surface area contributed by atoms with Crippen molar-refractivity contribution < 1.29 is 9.53 Å². The van der Waals surface area contributed by atoms with E-state index < -0.39 is 0 Å². The van der Waals surface area contributed by atoms with Gasteiger partial charge >= 0.3 is 5.97 Å². The van der Waals surface area contributed by atoms with Gasteiger partial charge in [-0.25, -0.2) is 4.79 Å². The Morgan fingerprint density at radius 2 is 2.00 bits per heavy atom. The molecule has 7 heteroatoms. The average Bonchev–Trinajstić information content (AvgIpc) is 3.10. The fraction of sp³-hybridized carbons (Fsp3) is 0.435. The van der Waals surface area contributed by atoms with Gasteiger partial charge in [-0.1, -0.05) is 39.0 Å². The molecule has 0 aliphatic carbocycles. The number of fused-ring (bicyclic) bond motifs is 1. The molecule has 0 spiro atoms. The second-order valence-electron chi connectivity index (χ2n) is 6.25. The zero-order chi connectivity index (χ0) is 22.7. The molecule has 0 aromatic carbocycles. The molecule has 0 radical (unpaired) electrons. The van der Waals surface area contributed by atoms with E-state index in [1.54, 1.807) is 12.2 Å². The number of methoxy groups -OCH3 is 1. The molecule has 2 N–H and O–H groups in total. The lowest BCUT2D eigenvalue weighted by atomic mass is 10.1. The van der Waals surface area contributed by atoms with E-state index >= 15 is 0 Å². The van der Waals surface area contributed by atoms with Crippen LogP contribution in [0.2, 0.25) is 0 Å². The molecular formula is C23H32N4O2S. The molecule has 30 heavy (non-hydrogen) atoms. The van der Waals surface area contributed by atoms with Crippen molar-refractivity contribution in [2.45, 2.75) is 54.1 Å². The molecule has 1 aliphatic heterocycles. The number of amidine groups is 1. The third-order valence-electron chi connectivity index (χ3n) is 4.29. The van der Waals surface area contributed by atoms with Crippen LogP contribution in [0.4, 0.5) is 5.00 Å².